The molecule has 7 nitrogen and oxygen atoms in total. The van der Waals surface area contributed by atoms with E-state index in [1.165, 1.54) is 0 Å². The summed E-state index contributed by atoms with van der Waals surface area (Å²) in [6.07, 6.45) is -0.426. The van der Waals surface area contributed by atoms with Crippen molar-refractivity contribution < 1.29 is 23.9 Å². The van der Waals surface area contributed by atoms with Crippen LogP contribution in [0.2, 0.25) is 0 Å². The molecule has 16 heavy (non-hydrogen) atoms. The number of carbonyl (C=O) groups is 4. The van der Waals surface area contributed by atoms with Crippen molar-refractivity contribution in [2.24, 2.45) is 0 Å². The highest BCUT2D eigenvalue weighted by molar-refractivity contribution is 6.06. The zero-order chi connectivity index (χ0) is 12.1. The number of urea groups is 1. The number of ketones is 1. The van der Waals surface area contributed by atoms with Crippen LogP contribution in [0.3, 0.4) is 0 Å². The van der Waals surface area contributed by atoms with Gasteiger partial charge in [0.15, 0.2) is 5.78 Å². The maximum Gasteiger partial charge on any atom is 0.324 e. The number of hydrogen-bond donors (Lipinski definition) is 1. The maximum absolute atomic E-state index is 11.3. The van der Waals surface area contributed by atoms with E-state index in [2.05, 4.69) is 10.1 Å². The van der Waals surface area contributed by atoms with Crippen LogP contribution in [0.25, 0.3) is 0 Å². The van der Waals surface area contributed by atoms with Crippen LogP contribution in [0.4, 0.5) is 4.79 Å². The molecule has 0 aromatic heterocycles. The lowest BCUT2D eigenvalue weighted by Gasteiger charge is -2.10. The second-order valence-corrected chi connectivity index (χ2v) is 3.16. The molecule has 1 aliphatic rings. The number of nitrogens with zero attached hydrogens (tertiary/aromatic N) is 1. The van der Waals surface area contributed by atoms with E-state index < -0.39 is 30.1 Å². The molecule has 1 fully saturated rings. The summed E-state index contributed by atoms with van der Waals surface area (Å²) in [5, 5.41) is 2.27. The van der Waals surface area contributed by atoms with Crippen molar-refractivity contribution in [2.75, 3.05) is 19.7 Å². The summed E-state index contributed by atoms with van der Waals surface area (Å²) in [5.41, 5.74) is 0. The zero-order valence-corrected chi connectivity index (χ0v) is 8.82. The Kier molecular flexibility index (Phi) is 3.98. The Morgan fingerprint density at radius 3 is 2.62 bits per heavy atom. The summed E-state index contributed by atoms with van der Waals surface area (Å²) in [6.45, 7) is 1.32. The third-order valence-electron chi connectivity index (χ3n) is 1.92. The minimum atomic E-state index is -0.653. The molecule has 7 heteroatoms. The van der Waals surface area contributed by atoms with Gasteiger partial charge >= 0.3 is 12.0 Å². The van der Waals surface area contributed by atoms with Crippen molar-refractivity contribution in [1.82, 2.24) is 10.2 Å². The highest BCUT2D eigenvalue weighted by Gasteiger charge is 2.30. The lowest BCUT2D eigenvalue weighted by molar-refractivity contribution is -0.146. The first kappa shape index (κ1) is 12.2. The zero-order valence-electron chi connectivity index (χ0n) is 8.82. The molecule has 88 valence electrons. The van der Waals surface area contributed by atoms with Crippen molar-refractivity contribution in [2.45, 2.75) is 13.3 Å². The number of esters is 1. The van der Waals surface area contributed by atoms with Gasteiger partial charge in [-0.1, -0.05) is 0 Å². The molecule has 0 atom stereocenters. The van der Waals surface area contributed by atoms with Gasteiger partial charge in [-0.3, -0.25) is 19.3 Å². The fraction of sp³-hybridized carbons (Fsp3) is 0.556. The van der Waals surface area contributed by atoms with Gasteiger partial charge in [-0.05, 0) is 6.92 Å². The highest BCUT2D eigenvalue weighted by atomic mass is 16.5. The fourth-order valence-corrected chi connectivity index (χ4v) is 1.22. The van der Waals surface area contributed by atoms with Gasteiger partial charge in [0.05, 0.1) is 19.7 Å². The molecular weight excluding hydrogens is 216 g/mol. The number of ether oxygens (including phenoxy) is 1. The molecule has 0 unspecified atom stereocenters. The fourth-order valence-electron chi connectivity index (χ4n) is 1.22. The monoisotopic (exact) mass is 228 g/mol. The minimum absolute atomic E-state index is 0.106. The standard InChI is InChI=1S/C9H12N2O5/c1-2-16-8(14)3-6(12)5-11-7(13)4-10-9(11)15/h2-5H2,1H3,(H,10,15). The second kappa shape index (κ2) is 5.24. The topological polar surface area (TPSA) is 92.8 Å². The first-order chi connectivity index (χ1) is 7.54. The normalized spacial score (nSPS) is 14.9. The SMILES string of the molecule is CCOC(=O)CC(=O)CN1C(=O)CNC1=O. The predicted molar refractivity (Wildman–Crippen MR) is 51.4 cm³/mol. The Balaban J connectivity index is 2.42. The molecule has 1 heterocycles. The Hall–Kier alpha value is -1.92. The van der Waals surface area contributed by atoms with Gasteiger partial charge in [-0.25, -0.2) is 4.79 Å². The molecule has 0 aromatic rings. The van der Waals surface area contributed by atoms with E-state index in [1.807, 2.05) is 0 Å². The Bertz CT molecular complexity index is 323. The number of amides is 3. The summed E-state index contributed by atoms with van der Waals surface area (Å²) >= 11 is 0. The predicted octanol–water partition coefficient (Wildman–Crippen LogP) is -0.939. The molecular formula is C9H12N2O5. The lowest BCUT2D eigenvalue weighted by atomic mass is 10.2. The van der Waals surface area contributed by atoms with Crippen LogP contribution in [0.15, 0.2) is 0 Å². The molecule has 0 saturated carbocycles. The Morgan fingerprint density at radius 1 is 1.44 bits per heavy atom. The van der Waals surface area contributed by atoms with Crippen molar-refractivity contribution in [1.29, 1.82) is 0 Å². The summed E-state index contributed by atoms with van der Waals surface area (Å²) < 4.78 is 4.57. The summed E-state index contributed by atoms with van der Waals surface area (Å²) in [4.78, 5) is 45.2. The van der Waals surface area contributed by atoms with Crippen LogP contribution >= 0.6 is 0 Å². The van der Waals surface area contributed by atoms with E-state index in [4.69, 9.17) is 0 Å². The van der Waals surface area contributed by atoms with Crippen LogP contribution in [-0.4, -0.2) is 48.3 Å². The van der Waals surface area contributed by atoms with Gasteiger partial charge in [-0.2, -0.15) is 0 Å². The molecule has 1 N–H and O–H groups in total. The van der Waals surface area contributed by atoms with Gasteiger partial charge in [-0.15, -0.1) is 0 Å². The third kappa shape index (κ3) is 3.04. The Labute approximate surface area is 91.7 Å². The van der Waals surface area contributed by atoms with Crippen LogP contribution in [0, 0.1) is 0 Å². The van der Waals surface area contributed by atoms with Crippen LogP contribution in [0.5, 0.6) is 0 Å². The average molecular weight is 228 g/mol. The van der Waals surface area contributed by atoms with E-state index in [-0.39, 0.29) is 19.7 Å². The van der Waals surface area contributed by atoms with E-state index in [1.54, 1.807) is 6.92 Å². The molecule has 1 saturated heterocycles. The van der Waals surface area contributed by atoms with Crippen molar-refractivity contribution >= 4 is 23.7 Å². The number of imide groups is 1. The van der Waals surface area contributed by atoms with Crippen LogP contribution in [-0.2, 0) is 19.1 Å². The van der Waals surface area contributed by atoms with E-state index in [9.17, 15) is 19.2 Å². The van der Waals surface area contributed by atoms with Crippen molar-refractivity contribution in [3.05, 3.63) is 0 Å². The first-order valence-corrected chi connectivity index (χ1v) is 4.80. The van der Waals surface area contributed by atoms with Gasteiger partial charge in [0.2, 0.25) is 5.91 Å². The summed E-state index contributed by atoms with van der Waals surface area (Å²) in [5.74, 6) is -1.65. The highest BCUT2D eigenvalue weighted by Crippen LogP contribution is 2.00. The quantitative estimate of drug-likeness (QED) is 0.372. The minimum Gasteiger partial charge on any atom is -0.466 e. The van der Waals surface area contributed by atoms with E-state index in [0.717, 1.165) is 4.90 Å². The number of rotatable bonds is 5. The van der Waals surface area contributed by atoms with Crippen molar-refractivity contribution in [3.63, 3.8) is 0 Å². The van der Waals surface area contributed by atoms with Gasteiger partial charge in [0, 0.05) is 0 Å². The molecule has 1 aliphatic heterocycles. The number of Topliss-reactive ketones (excluding diaryl/α,β-unsaturated/α-hetero) is 1. The van der Waals surface area contributed by atoms with Crippen LogP contribution in [0.1, 0.15) is 13.3 Å². The van der Waals surface area contributed by atoms with Gasteiger partial charge in [0.25, 0.3) is 0 Å². The molecule has 3 amide bonds. The molecule has 1 rings (SSSR count). The number of hydrogen-bond acceptors (Lipinski definition) is 5. The third-order valence-corrected chi connectivity index (χ3v) is 1.92. The molecule has 0 bridgehead atoms. The number of nitrogens with one attached hydrogen (secondary N) is 1. The van der Waals surface area contributed by atoms with E-state index >= 15 is 0 Å². The lowest BCUT2D eigenvalue weighted by Crippen LogP contribution is -2.36. The smallest absolute Gasteiger partial charge is 0.324 e. The molecule has 0 aliphatic carbocycles. The van der Waals surface area contributed by atoms with E-state index in [0.29, 0.717) is 0 Å². The van der Waals surface area contributed by atoms with Crippen molar-refractivity contribution in [3.8, 4) is 0 Å². The second-order valence-electron chi connectivity index (χ2n) is 3.16. The van der Waals surface area contributed by atoms with Gasteiger partial charge < -0.3 is 10.1 Å². The number of carbonyl (C=O) groups excluding carboxylic acids is 4. The summed E-state index contributed by atoms with van der Waals surface area (Å²) in [6, 6.07) is -0.609. The van der Waals surface area contributed by atoms with Crippen LogP contribution < -0.4 is 5.32 Å². The molecule has 0 spiro atoms. The summed E-state index contributed by atoms with van der Waals surface area (Å²) in [7, 11) is 0. The Morgan fingerprint density at radius 2 is 2.12 bits per heavy atom. The van der Waals surface area contributed by atoms with Gasteiger partial charge in [0.1, 0.15) is 6.42 Å². The molecule has 0 aromatic carbocycles. The molecule has 0 radical (unpaired) electrons. The average Bonchev–Trinajstić information content (AvgIpc) is 2.49. The first-order valence-electron chi connectivity index (χ1n) is 4.80. The maximum atomic E-state index is 11.3. The largest absolute Gasteiger partial charge is 0.466 e.